The largest absolute Gasteiger partial charge is 0.351 e. The van der Waals surface area contributed by atoms with Gasteiger partial charge < -0.3 is 15.6 Å². The van der Waals surface area contributed by atoms with Crippen molar-refractivity contribution >= 4 is 16.8 Å². The number of fused-ring (bicyclic) bond motifs is 1. The van der Waals surface area contributed by atoms with Gasteiger partial charge in [-0.3, -0.25) is 9.59 Å². The number of amides is 1. The van der Waals surface area contributed by atoms with Gasteiger partial charge in [0, 0.05) is 30.2 Å². The number of pyridine rings is 1. The molecule has 0 aliphatic carbocycles. The Hall–Kier alpha value is -2.14. The predicted molar refractivity (Wildman–Crippen MR) is 88.6 cm³/mol. The topological polar surface area (TPSA) is 77.1 Å². The van der Waals surface area contributed by atoms with Gasteiger partial charge in [0.25, 0.3) is 0 Å². The van der Waals surface area contributed by atoms with Gasteiger partial charge in [-0.05, 0) is 24.5 Å². The molecule has 1 heterocycles. The summed E-state index contributed by atoms with van der Waals surface area (Å²) < 4.78 is 1.79. The van der Waals surface area contributed by atoms with Crippen LogP contribution >= 0.6 is 0 Å². The van der Waals surface area contributed by atoms with Gasteiger partial charge in [-0.2, -0.15) is 0 Å². The summed E-state index contributed by atoms with van der Waals surface area (Å²) >= 11 is 0. The maximum absolute atomic E-state index is 12.2. The van der Waals surface area contributed by atoms with E-state index in [2.05, 4.69) is 19.2 Å². The first-order valence-corrected chi connectivity index (χ1v) is 7.59. The van der Waals surface area contributed by atoms with Crippen LogP contribution in [-0.2, 0) is 11.3 Å². The van der Waals surface area contributed by atoms with Crippen molar-refractivity contribution in [1.29, 1.82) is 0 Å². The number of para-hydroxylation sites is 1. The van der Waals surface area contributed by atoms with E-state index < -0.39 is 0 Å². The molecule has 22 heavy (non-hydrogen) atoms. The molecule has 0 aliphatic heterocycles. The number of carbonyl (C=O) groups is 1. The van der Waals surface area contributed by atoms with E-state index in [0.29, 0.717) is 17.8 Å². The number of nitrogens with zero attached hydrogens (tertiary/aromatic N) is 1. The fraction of sp³-hybridized carbons (Fsp3) is 0.412. The average Bonchev–Trinajstić information content (AvgIpc) is 2.49. The maximum Gasteiger partial charge on any atom is 0.240 e. The van der Waals surface area contributed by atoms with Gasteiger partial charge >= 0.3 is 0 Å². The van der Waals surface area contributed by atoms with Gasteiger partial charge in [0.1, 0.15) is 6.54 Å². The molecule has 1 amide bonds. The first-order valence-electron chi connectivity index (χ1n) is 7.59. The average molecular weight is 301 g/mol. The van der Waals surface area contributed by atoms with Gasteiger partial charge in [-0.15, -0.1) is 0 Å². The van der Waals surface area contributed by atoms with E-state index in [1.54, 1.807) is 16.8 Å². The van der Waals surface area contributed by atoms with Crippen molar-refractivity contribution < 1.29 is 4.79 Å². The Labute approximate surface area is 130 Å². The van der Waals surface area contributed by atoms with Crippen molar-refractivity contribution in [2.45, 2.75) is 32.9 Å². The predicted octanol–water partition coefficient (Wildman–Crippen LogP) is 1.49. The smallest absolute Gasteiger partial charge is 0.240 e. The van der Waals surface area contributed by atoms with Gasteiger partial charge in [-0.1, -0.05) is 26.0 Å². The molecule has 0 saturated carbocycles. The van der Waals surface area contributed by atoms with Crippen molar-refractivity contribution in [1.82, 2.24) is 9.88 Å². The summed E-state index contributed by atoms with van der Waals surface area (Å²) in [5, 5.41) is 3.58. The van der Waals surface area contributed by atoms with E-state index in [9.17, 15) is 9.59 Å². The van der Waals surface area contributed by atoms with Crippen LogP contribution in [0, 0.1) is 5.92 Å². The second-order valence-corrected chi connectivity index (χ2v) is 5.95. The normalized spacial score (nSPS) is 12.5. The fourth-order valence-corrected chi connectivity index (χ4v) is 2.61. The monoisotopic (exact) mass is 301 g/mol. The molecule has 0 spiro atoms. The molecule has 3 N–H and O–H groups in total. The Morgan fingerprint density at radius 2 is 2.00 bits per heavy atom. The minimum atomic E-state index is -0.0927. The number of benzene rings is 1. The van der Waals surface area contributed by atoms with E-state index in [1.165, 1.54) is 6.07 Å². The van der Waals surface area contributed by atoms with Crippen LogP contribution in [0.25, 0.3) is 10.9 Å². The molecule has 2 rings (SSSR count). The van der Waals surface area contributed by atoms with E-state index in [4.69, 9.17) is 5.73 Å². The lowest BCUT2D eigenvalue weighted by molar-refractivity contribution is -0.122. The lowest BCUT2D eigenvalue weighted by atomic mass is 10.0. The molecule has 1 aromatic carbocycles. The van der Waals surface area contributed by atoms with E-state index in [0.717, 1.165) is 11.9 Å². The molecule has 5 heteroatoms. The number of nitrogens with one attached hydrogen (secondary N) is 1. The van der Waals surface area contributed by atoms with Crippen LogP contribution in [0.1, 0.15) is 20.3 Å². The lowest BCUT2D eigenvalue weighted by Gasteiger charge is -2.19. The summed E-state index contributed by atoms with van der Waals surface area (Å²) in [6.07, 6.45) is 2.51. The van der Waals surface area contributed by atoms with Gasteiger partial charge in [-0.25, -0.2) is 0 Å². The molecule has 1 aromatic heterocycles. The number of hydrogen-bond acceptors (Lipinski definition) is 3. The fourth-order valence-electron chi connectivity index (χ4n) is 2.61. The first-order chi connectivity index (χ1) is 10.5. The van der Waals surface area contributed by atoms with Crippen LogP contribution in [0.15, 0.2) is 41.3 Å². The quantitative estimate of drug-likeness (QED) is 0.848. The summed E-state index contributed by atoms with van der Waals surface area (Å²) in [4.78, 5) is 24.1. The zero-order valence-electron chi connectivity index (χ0n) is 13.1. The minimum absolute atomic E-state index is 0.0156. The second-order valence-electron chi connectivity index (χ2n) is 5.95. The Morgan fingerprint density at radius 1 is 1.27 bits per heavy atom. The first kappa shape index (κ1) is 16.2. The zero-order valence-corrected chi connectivity index (χ0v) is 13.1. The Bertz CT molecular complexity index is 706. The van der Waals surface area contributed by atoms with E-state index in [1.807, 2.05) is 18.2 Å². The van der Waals surface area contributed by atoms with Crippen LogP contribution < -0.4 is 16.5 Å². The van der Waals surface area contributed by atoms with Gasteiger partial charge in [0.15, 0.2) is 5.43 Å². The second kappa shape index (κ2) is 7.22. The Balaban J connectivity index is 2.15. The highest BCUT2D eigenvalue weighted by atomic mass is 16.2. The standard InChI is InChI=1S/C17H23N3O2/c1-12(2)9-13(10-18)19-17(22)11-20-8-7-16(21)14-5-3-4-6-15(14)20/h3-8,12-13H,9-11,18H2,1-2H3,(H,19,22). The van der Waals surface area contributed by atoms with Crippen molar-refractivity contribution in [3.8, 4) is 0 Å². The van der Waals surface area contributed by atoms with Crippen molar-refractivity contribution in [2.24, 2.45) is 11.7 Å². The molecule has 2 aromatic rings. The molecule has 1 unspecified atom stereocenters. The van der Waals surface area contributed by atoms with Crippen LogP contribution in [0.3, 0.4) is 0 Å². The maximum atomic E-state index is 12.2. The zero-order chi connectivity index (χ0) is 16.1. The van der Waals surface area contributed by atoms with Gasteiger partial charge in [0.05, 0.1) is 5.52 Å². The highest BCUT2D eigenvalue weighted by Crippen LogP contribution is 2.09. The molecular formula is C17H23N3O2. The van der Waals surface area contributed by atoms with Crippen LogP contribution in [0.2, 0.25) is 0 Å². The highest BCUT2D eigenvalue weighted by Gasteiger charge is 2.13. The minimum Gasteiger partial charge on any atom is -0.351 e. The van der Waals surface area contributed by atoms with Crippen LogP contribution in [0.5, 0.6) is 0 Å². The molecule has 0 fully saturated rings. The van der Waals surface area contributed by atoms with Crippen LogP contribution in [-0.4, -0.2) is 23.1 Å². The molecule has 0 radical (unpaired) electrons. The number of nitrogens with two attached hydrogens (primary N) is 1. The molecule has 1 atom stereocenters. The third kappa shape index (κ3) is 3.95. The van der Waals surface area contributed by atoms with E-state index >= 15 is 0 Å². The van der Waals surface area contributed by atoms with Gasteiger partial charge in [0.2, 0.25) is 5.91 Å². The summed E-state index contributed by atoms with van der Waals surface area (Å²) in [5.74, 6) is 0.381. The highest BCUT2D eigenvalue weighted by molar-refractivity contribution is 5.82. The van der Waals surface area contributed by atoms with Crippen LogP contribution in [0.4, 0.5) is 0 Å². The lowest BCUT2D eigenvalue weighted by Crippen LogP contribution is -2.42. The summed E-state index contributed by atoms with van der Waals surface area (Å²) in [6, 6.07) is 8.77. The number of carbonyl (C=O) groups excluding carboxylic acids is 1. The molecule has 5 nitrogen and oxygen atoms in total. The van der Waals surface area contributed by atoms with Crippen molar-refractivity contribution in [3.63, 3.8) is 0 Å². The number of hydrogen-bond donors (Lipinski definition) is 2. The molecule has 0 bridgehead atoms. The summed E-state index contributed by atoms with van der Waals surface area (Å²) in [5.41, 5.74) is 6.44. The Kier molecular flexibility index (Phi) is 5.33. The molecular weight excluding hydrogens is 278 g/mol. The Morgan fingerprint density at radius 3 is 2.68 bits per heavy atom. The third-order valence-corrected chi connectivity index (χ3v) is 3.60. The molecule has 0 aliphatic rings. The molecule has 0 saturated heterocycles. The molecule has 118 valence electrons. The van der Waals surface area contributed by atoms with Crippen molar-refractivity contribution in [2.75, 3.05) is 6.54 Å². The third-order valence-electron chi connectivity index (χ3n) is 3.60. The summed E-state index contributed by atoms with van der Waals surface area (Å²) in [6.45, 7) is 4.80. The SMILES string of the molecule is CC(C)CC(CN)NC(=O)Cn1ccc(=O)c2ccccc21. The summed E-state index contributed by atoms with van der Waals surface area (Å²) in [7, 11) is 0. The number of aromatic nitrogens is 1. The van der Waals surface area contributed by atoms with E-state index in [-0.39, 0.29) is 23.9 Å². The van der Waals surface area contributed by atoms with Crippen molar-refractivity contribution in [3.05, 3.63) is 46.8 Å². The number of rotatable bonds is 6.